The van der Waals surface area contributed by atoms with Gasteiger partial charge in [-0.3, -0.25) is 10.2 Å². The molecule has 0 radical (unpaired) electrons. The van der Waals surface area contributed by atoms with Gasteiger partial charge in [-0.15, -0.1) is 0 Å². The molecule has 98 valence electrons. The van der Waals surface area contributed by atoms with Crippen molar-refractivity contribution in [3.05, 3.63) is 0 Å². The second-order valence-electron chi connectivity index (χ2n) is 5.97. The molecule has 0 aromatic heterocycles. The van der Waals surface area contributed by atoms with Crippen molar-refractivity contribution < 1.29 is 4.79 Å². The molecule has 1 fully saturated rings. The van der Waals surface area contributed by atoms with Crippen LogP contribution in [0.3, 0.4) is 0 Å². The molecule has 1 aliphatic carbocycles. The number of nitrogens with two attached hydrogens (primary N) is 2. The summed E-state index contributed by atoms with van der Waals surface area (Å²) in [5, 5.41) is 10.1. The number of Topliss-reactive ketones (excluding diaryl/α,β-unsaturated/α-hetero) is 1. The van der Waals surface area contributed by atoms with Crippen LogP contribution in [0.2, 0.25) is 0 Å². The molecule has 17 heavy (non-hydrogen) atoms. The summed E-state index contributed by atoms with van der Waals surface area (Å²) in [6, 6.07) is -0.204. The van der Waals surface area contributed by atoms with E-state index in [2.05, 4.69) is 5.32 Å². The summed E-state index contributed by atoms with van der Waals surface area (Å²) in [5.74, 6) is 0.316. The van der Waals surface area contributed by atoms with E-state index in [0.717, 1.165) is 19.3 Å². The Morgan fingerprint density at radius 2 is 2.00 bits per heavy atom. The Morgan fingerprint density at radius 3 is 2.47 bits per heavy atom. The molecule has 6 N–H and O–H groups in total. The summed E-state index contributed by atoms with van der Waals surface area (Å²) in [6.07, 6.45) is 2.67. The van der Waals surface area contributed by atoms with Gasteiger partial charge in [0.1, 0.15) is 0 Å². The minimum Gasteiger partial charge on any atom is -0.370 e. The number of nitrogens with one attached hydrogen (secondary N) is 2. The highest BCUT2D eigenvalue weighted by Crippen LogP contribution is 2.30. The van der Waals surface area contributed by atoms with Crippen molar-refractivity contribution in [3.8, 4) is 0 Å². The molecule has 1 aliphatic rings. The number of hydrogen-bond acceptors (Lipinski definition) is 3. The number of carbonyl (C=O) groups is 1. The van der Waals surface area contributed by atoms with Gasteiger partial charge in [0.2, 0.25) is 0 Å². The van der Waals surface area contributed by atoms with Crippen LogP contribution >= 0.6 is 0 Å². The molecule has 0 saturated heterocycles. The van der Waals surface area contributed by atoms with E-state index in [1.807, 2.05) is 20.8 Å². The Labute approximate surface area is 103 Å². The number of ketones is 1. The maximum atomic E-state index is 12.1. The molecule has 0 heterocycles. The third kappa shape index (κ3) is 3.70. The number of hydrogen-bond donors (Lipinski definition) is 4. The fourth-order valence-corrected chi connectivity index (χ4v) is 2.41. The van der Waals surface area contributed by atoms with Crippen molar-refractivity contribution in [2.45, 2.75) is 52.1 Å². The fourth-order valence-electron chi connectivity index (χ4n) is 2.41. The van der Waals surface area contributed by atoms with Crippen molar-refractivity contribution in [2.75, 3.05) is 0 Å². The van der Waals surface area contributed by atoms with E-state index in [9.17, 15) is 4.79 Å². The maximum absolute atomic E-state index is 12.1. The normalized spacial score (nSPS) is 26.6. The second-order valence-corrected chi connectivity index (χ2v) is 5.97. The zero-order chi connectivity index (χ0) is 13.2. The van der Waals surface area contributed by atoms with Gasteiger partial charge in [0, 0.05) is 11.5 Å². The lowest BCUT2D eigenvalue weighted by molar-refractivity contribution is -0.128. The van der Waals surface area contributed by atoms with E-state index in [-0.39, 0.29) is 29.1 Å². The van der Waals surface area contributed by atoms with Crippen LogP contribution in [-0.4, -0.2) is 23.8 Å². The Morgan fingerprint density at radius 1 is 1.41 bits per heavy atom. The maximum Gasteiger partial charge on any atom is 0.185 e. The molecule has 1 rings (SSSR count). The third-order valence-electron chi connectivity index (χ3n) is 3.38. The fraction of sp³-hybridized carbons (Fsp3) is 0.833. The van der Waals surface area contributed by atoms with Crippen LogP contribution in [0.1, 0.15) is 40.0 Å². The topological polar surface area (TPSA) is 105 Å². The molecule has 0 amide bonds. The molecule has 0 aromatic rings. The number of rotatable bonds is 3. The van der Waals surface area contributed by atoms with E-state index in [1.165, 1.54) is 0 Å². The lowest BCUT2D eigenvalue weighted by Crippen LogP contribution is -2.44. The first-order valence-electron chi connectivity index (χ1n) is 6.12. The molecule has 1 saturated carbocycles. The lowest BCUT2D eigenvalue weighted by Gasteiger charge is -2.26. The molecule has 0 bridgehead atoms. The number of carbonyl (C=O) groups excluding carboxylic acids is 1. The summed E-state index contributed by atoms with van der Waals surface area (Å²) in [6.45, 7) is 5.69. The van der Waals surface area contributed by atoms with Gasteiger partial charge in [0.05, 0.1) is 6.04 Å². The first-order chi connectivity index (χ1) is 7.71. The molecule has 3 unspecified atom stereocenters. The number of guanidine groups is 1. The Balaban J connectivity index is 2.53. The first kappa shape index (κ1) is 14.0. The van der Waals surface area contributed by atoms with Crippen LogP contribution < -0.4 is 16.8 Å². The molecular weight excluding hydrogens is 216 g/mol. The van der Waals surface area contributed by atoms with E-state index in [4.69, 9.17) is 16.9 Å². The summed E-state index contributed by atoms with van der Waals surface area (Å²) >= 11 is 0. The quantitative estimate of drug-likeness (QED) is 0.428. The van der Waals surface area contributed by atoms with Gasteiger partial charge in [-0.05, 0) is 25.2 Å². The highest BCUT2D eigenvalue weighted by atomic mass is 16.1. The highest BCUT2D eigenvalue weighted by molar-refractivity contribution is 5.88. The van der Waals surface area contributed by atoms with Crippen LogP contribution in [0.4, 0.5) is 0 Å². The Hall–Kier alpha value is -1.10. The SMILES string of the molecule is CC(C)(C)C(=O)C(N)C1CCC(NC(=N)N)C1. The minimum absolute atomic E-state index is 0.00799. The van der Waals surface area contributed by atoms with Crippen LogP contribution in [-0.2, 0) is 4.79 Å². The van der Waals surface area contributed by atoms with Gasteiger partial charge in [-0.25, -0.2) is 0 Å². The summed E-state index contributed by atoms with van der Waals surface area (Å²) in [5.41, 5.74) is 11.0. The van der Waals surface area contributed by atoms with Crippen LogP contribution in [0.25, 0.3) is 0 Å². The monoisotopic (exact) mass is 240 g/mol. The average molecular weight is 240 g/mol. The second kappa shape index (κ2) is 5.04. The lowest BCUT2D eigenvalue weighted by atomic mass is 9.81. The summed E-state index contributed by atoms with van der Waals surface area (Å²) in [7, 11) is 0. The van der Waals surface area contributed by atoms with E-state index >= 15 is 0 Å². The van der Waals surface area contributed by atoms with E-state index in [1.54, 1.807) is 0 Å². The van der Waals surface area contributed by atoms with Crippen molar-refractivity contribution in [2.24, 2.45) is 22.8 Å². The molecule has 0 spiro atoms. The van der Waals surface area contributed by atoms with Crippen molar-refractivity contribution in [1.29, 1.82) is 5.41 Å². The molecule has 0 aromatic carbocycles. The molecular formula is C12H24N4O. The van der Waals surface area contributed by atoms with Crippen LogP contribution in [0.15, 0.2) is 0 Å². The highest BCUT2D eigenvalue weighted by Gasteiger charge is 2.36. The van der Waals surface area contributed by atoms with Crippen molar-refractivity contribution in [3.63, 3.8) is 0 Å². The minimum atomic E-state index is -0.395. The standard InChI is InChI=1S/C12H24N4O/c1-12(2,3)10(17)9(13)7-4-5-8(6-7)16-11(14)15/h7-9H,4-6,13H2,1-3H3,(H4,14,15,16). The zero-order valence-corrected chi connectivity index (χ0v) is 10.9. The third-order valence-corrected chi connectivity index (χ3v) is 3.38. The van der Waals surface area contributed by atoms with Gasteiger partial charge in [0.15, 0.2) is 11.7 Å². The van der Waals surface area contributed by atoms with Crippen LogP contribution in [0, 0.1) is 16.7 Å². The van der Waals surface area contributed by atoms with Gasteiger partial charge in [0.25, 0.3) is 0 Å². The van der Waals surface area contributed by atoms with Gasteiger partial charge in [-0.1, -0.05) is 20.8 Å². The van der Waals surface area contributed by atoms with Gasteiger partial charge < -0.3 is 16.8 Å². The van der Waals surface area contributed by atoms with Crippen LogP contribution in [0.5, 0.6) is 0 Å². The van der Waals surface area contributed by atoms with Crippen molar-refractivity contribution >= 4 is 11.7 Å². The predicted molar refractivity (Wildman–Crippen MR) is 68.6 cm³/mol. The molecule has 0 aliphatic heterocycles. The Bertz CT molecular complexity index is 308. The van der Waals surface area contributed by atoms with E-state index in [0.29, 0.717) is 0 Å². The molecule has 3 atom stereocenters. The van der Waals surface area contributed by atoms with Gasteiger partial charge >= 0.3 is 0 Å². The summed E-state index contributed by atoms with van der Waals surface area (Å²) in [4.78, 5) is 12.1. The average Bonchev–Trinajstić information content (AvgIpc) is 2.61. The Kier molecular flexibility index (Phi) is 4.14. The zero-order valence-electron chi connectivity index (χ0n) is 10.9. The molecule has 5 heteroatoms. The summed E-state index contributed by atoms with van der Waals surface area (Å²) < 4.78 is 0. The predicted octanol–water partition coefficient (Wildman–Crippen LogP) is 0.581. The molecule has 5 nitrogen and oxygen atoms in total. The smallest absolute Gasteiger partial charge is 0.185 e. The van der Waals surface area contributed by atoms with E-state index < -0.39 is 6.04 Å². The van der Waals surface area contributed by atoms with Gasteiger partial charge in [-0.2, -0.15) is 0 Å². The largest absolute Gasteiger partial charge is 0.370 e. The first-order valence-corrected chi connectivity index (χ1v) is 6.12. The van der Waals surface area contributed by atoms with Crippen molar-refractivity contribution in [1.82, 2.24) is 5.32 Å².